The molecule has 0 spiro atoms. The van der Waals surface area contributed by atoms with E-state index in [0.717, 1.165) is 19.3 Å². The van der Waals surface area contributed by atoms with Crippen LogP contribution in [0.15, 0.2) is 23.2 Å². The average Bonchev–Trinajstić information content (AvgIpc) is 2.48. The standard InChI is InChI=1S/C13H17N3O3S/c1-16(10-12-4-2-3-7-19-12)20(17,18)13-6-5-11(8-14)15-9-13/h5-6,9,12H,2-4,7,10H2,1H3. The molecule has 0 bridgehead atoms. The van der Waals surface area contributed by atoms with E-state index in [4.69, 9.17) is 10.00 Å². The van der Waals surface area contributed by atoms with Crippen LogP contribution in [0.3, 0.4) is 0 Å². The lowest BCUT2D eigenvalue weighted by Crippen LogP contribution is -2.37. The summed E-state index contributed by atoms with van der Waals surface area (Å²) in [5, 5.41) is 8.67. The molecule has 1 unspecified atom stereocenters. The predicted octanol–water partition coefficient (Wildman–Crippen LogP) is 1.14. The number of hydrogen-bond acceptors (Lipinski definition) is 5. The van der Waals surface area contributed by atoms with Gasteiger partial charge in [-0.15, -0.1) is 0 Å². The number of ether oxygens (including phenoxy) is 1. The second-order valence-electron chi connectivity index (χ2n) is 4.77. The Morgan fingerprint density at radius 3 is 2.85 bits per heavy atom. The van der Waals surface area contributed by atoms with Gasteiger partial charge in [-0.2, -0.15) is 9.57 Å². The van der Waals surface area contributed by atoms with Gasteiger partial charge in [-0.3, -0.25) is 0 Å². The minimum atomic E-state index is -3.58. The summed E-state index contributed by atoms with van der Waals surface area (Å²) in [5.74, 6) is 0. The van der Waals surface area contributed by atoms with Gasteiger partial charge in [-0.25, -0.2) is 13.4 Å². The monoisotopic (exact) mass is 295 g/mol. The molecule has 0 amide bonds. The summed E-state index contributed by atoms with van der Waals surface area (Å²) in [5.41, 5.74) is 0.196. The van der Waals surface area contributed by atoms with E-state index in [0.29, 0.717) is 13.2 Å². The Kier molecular flexibility index (Phi) is 4.70. The van der Waals surface area contributed by atoms with Crippen molar-refractivity contribution in [3.63, 3.8) is 0 Å². The zero-order valence-corrected chi connectivity index (χ0v) is 12.1. The Hall–Kier alpha value is -1.49. The zero-order valence-electron chi connectivity index (χ0n) is 11.3. The van der Waals surface area contributed by atoms with Crippen LogP contribution in [0.4, 0.5) is 0 Å². The van der Waals surface area contributed by atoms with Crippen molar-refractivity contribution >= 4 is 10.0 Å². The van der Waals surface area contributed by atoms with Crippen LogP contribution in [0, 0.1) is 11.3 Å². The van der Waals surface area contributed by atoms with E-state index in [1.165, 1.54) is 29.7 Å². The number of nitrogens with zero attached hydrogens (tertiary/aromatic N) is 3. The van der Waals surface area contributed by atoms with E-state index >= 15 is 0 Å². The number of sulfonamides is 1. The minimum absolute atomic E-state index is 0.0464. The lowest BCUT2D eigenvalue weighted by atomic mass is 10.1. The van der Waals surface area contributed by atoms with Crippen molar-refractivity contribution in [3.05, 3.63) is 24.0 Å². The number of nitriles is 1. The van der Waals surface area contributed by atoms with E-state index in [2.05, 4.69) is 4.98 Å². The number of hydrogen-bond donors (Lipinski definition) is 0. The molecule has 2 heterocycles. The van der Waals surface area contributed by atoms with E-state index in [1.54, 1.807) is 0 Å². The highest BCUT2D eigenvalue weighted by Gasteiger charge is 2.25. The molecule has 1 fully saturated rings. The summed E-state index contributed by atoms with van der Waals surface area (Å²) in [6.07, 6.45) is 4.15. The van der Waals surface area contributed by atoms with Gasteiger partial charge >= 0.3 is 0 Å². The predicted molar refractivity (Wildman–Crippen MR) is 72.4 cm³/mol. The first kappa shape index (κ1) is 14.9. The summed E-state index contributed by atoms with van der Waals surface area (Å²) >= 11 is 0. The summed E-state index contributed by atoms with van der Waals surface area (Å²) in [6.45, 7) is 1.03. The van der Waals surface area contributed by atoms with Crippen molar-refractivity contribution in [2.24, 2.45) is 0 Å². The first-order valence-electron chi connectivity index (χ1n) is 6.48. The van der Waals surface area contributed by atoms with Gasteiger partial charge in [0.25, 0.3) is 0 Å². The van der Waals surface area contributed by atoms with Gasteiger partial charge < -0.3 is 4.74 Å². The lowest BCUT2D eigenvalue weighted by molar-refractivity contribution is 0.00858. The van der Waals surface area contributed by atoms with Crippen LogP contribution < -0.4 is 0 Å². The number of aromatic nitrogens is 1. The summed E-state index contributed by atoms with van der Waals surface area (Å²) in [7, 11) is -2.05. The van der Waals surface area contributed by atoms with Crippen molar-refractivity contribution in [1.29, 1.82) is 5.26 Å². The average molecular weight is 295 g/mol. The maximum absolute atomic E-state index is 12.4. The Bertz CT molecular complexity index is 586. The Labute approximate surface area is 119 Å². The van der Waals surface area contributed by atoms with Crippen LogP contribution in [0.1, 0.15) is 25.0 Å². The Morgan fingerprint density at radius 2 is 2.30 bits per heavy atom. The Morgan fingerprint density at radius 1 is 1.50 bits per heavy atom. The number of likely N-dealkylation sites (N-methyl/N-ethyl adjacent to an activating group) is 1. The van der Waals surface area contributed by atoms with Crippen molar-refractivity contribution in [3.8, 4) is 6.07 Å². The highest BCUT2D eigenvalue weighted by Crippen LogP contribution is 2.18. The fraction of sp³-hybridized carbons (Fsp3) is 0.538. The second kappa shape index (κ2) is 6.31. The number of pyridine rings is 1. The highest BCUT2D eigenvalue weighted by atomic mass is 32.2. The largest absolute Gasteiger partial charge is 0.377 e. The molecular weight excluding hydrogens is 278 g/mol. The molecule has 0 radical (unpaired) electrons. The summed E-state index contributed by atoms with van der Waals surface area (Å²) < 4.78 is 31.5. The molecule has 6 nitrogen and oxygen atoms in total. The maximum Gasteiger partial charge on any atom is 0.244 e. The molecule has 108 valence electrons. The van der Waals surface area contributed by atoms with Gasteiger partial charge in [0.1, 0.15) is 16.7 Å². The number of rotatable bonds is 4. The van der Waals surface area contributed by atoms with E-state index in [9.17, 15) is 8.42 Å². The van der Waals surface area contributed by atoms with Crippen LogP contribution in [-0.4, -0.2) is 44.0 Å². The first-order chi connectivity index (χ1) is 9.54. The SMILES string of the molecule is CN(CC1CCCCO1)S(=O)(=O)c1ccc(C#N)nc1. The van der Waals surface area contributed by atoms with Crippen molar-refractivity contribution in [2.45, 2.75) is 30.3 Å². The molecule has 1 atom stereocenters. The third-order valence-corrected chi connectivity index (χ3v) is 5.10. The van der Waals surface area contributed by atoms with Gasteiger partial charge in [0.15, 0.2) is 0 Å². The molecule has 0 aliphatic carbocycles. The Balaban J connectivity index is 2.09. The van der Waals surface area contributed by atoms with Gasteiger partial charge in [-0.05, 0) is 31.4 Å². The summed E-state index contributed by atoms with van der Waals surface area (Å²) in [4.78, 5) is 3.89. The second-order valence-corrected chi connectivity index (χ2v) is 6.81. The molecule has 1 aromatic heterocycles. The van der Waals surface area contributed by atoms with Crippen LogP contribution in [0.2, 0.25) is 0 Å². The molecule has 1 saturated heterocycles. The van der Waals surface area contributed by atoms with Crippen LogP contribution in [0.5, 0.6) is 0 Å². The van der Waals surface area contributed by atoms with Crippen LogP contribution in [-0.2, 0) is 14.8 Å². The zero-order chi connectivity index (χ0) is 14.6. The lowest BCUT2D eigenvalue weighted by Gasteiger charge is -2.26. The molecule has 0 N–H and O–H groups in total. The fourth-order valence-corrected chi connectivity index (χ4v) is 3.26. The van der Waals surface area contributed by atoms with Gasteiger partial charge in [0.2, 0.25) is 10.0 Å². The van der Waals surface area contributed by atoms with E-state index < -0.39 is 10.0 Å². The molecule has 7 heteroatoms. The molecule has 1 aliphatic heterocycles. The van der Waals surface area contributed by atoms with E-state index in [1.807, 2.05) is 6.07 Å². The third-order valence-electron chi connectivity index (χ3n) is 3.29. The van der Waals surface area contributed by atoms with Crippen molar-refractivity contribution in [1.82, 2.24) is 9.29 Å². The van der Waals surface area contributed by atoms with Gasteiger partial charge in [0, 0.05) is 26.4 Å². The van der Waals surface area contributed by atoms with Crippen LogP contribution in [0.25, 0.3) is 0 Å². The van der Waals surface area contributed by atoms with Crippen LogP contribution >= 0.6 is 0 Å². The van der Waals surface area contributed by atoms with Gasteiger partial charge in [0.05, 0.1) is 6.10 Å². The maximum atomic E-state index is 12.4. The van der Waals surface area contributed by atoms with Gasteiger partial charge in [-0.1, -0.05) is 0 Å². The highest BCUT2D eigenvalue weighted by molar-refractivity contribution is 7.89. The summed E-state index contributed by atoms with van der Waals surface area (Å²) in [6, 6.07) is 4.66. The molecule has 2 rings (SSSR count). The minimum Gasteiger partial charge on any atom is -0.377 e. The smallest absolute Gasteiger partial charge is 0.244 e. The molecular formula is C13H17N3O3S. The fourth-order valence-electron chi connectivity index (χ4n) is 2.12. The molecule has 1 aliphatic rings. The van der Waals surface area contributed by atoms with Crippen molar-refractivity contribution < 1.29 is 13.2 Å². The first-order valence-corrected chi connectivity index (χ1v) is 7.92. The normalized spacial score (nSPS) is 19.8. The van der Waals surface area contributed by atoms with Crippen molar-refractivity contribution in [2.75, 3.05) is 20.2 Å². The molecule has 1 aromatic rings. The molecule has 20 heavy (non-hydrogen) atoms. The van der Waals surface area contributed by atoms with E-state index in [-0.39, 0.29) is 16.7 Å². The topological polar surface area (TPSA) is 83.3 Å². The quantitative estimate of drug-likeness (QED) is 0.832. The molecule has 0 saturated carbocycles. The third kappa shape index (κ3) is 3.33. The molecule has 0 aromatic carbocycles.